The fourth-order valence-electron chi connectivity index (χ4n) is 1.26. The van der Waals surface area contributed by atoms with Gasteiger partial charge in [-0.15, -0.1) is 0 Å². The van der Waals surface area contributed by atoms with Crippen LogP contribution in [0.5, 0.6) is 0 Å². The smallest absolute Gasteiger partial charge is 0.316 e. The fourth-order valence-corrected chi connectivity index (χ4v) is 1.96. The van der Waals surface area contributed by atoms with Crippen LogP contribution in [-0.4, -0.2) is 34.4 Å². The van der Waals surface area contributed by atoms with Gasteiger partial charge in [-0.3, -0.25) is 4.79 Å². The SMILES string of the molecule is COCc1nc(N)cc(SCC(=O)OC(C)(C)C)n1. The van der Waals surface area contributed by atoms with E-state index in [1.165, 1.54) is 11.8 Å². The summed E-state index contributed by atoms with van der Waals surface area (Å²) in [4.78, 5) is 19.8. The van der Waals surface area contributed by atoms with Gasteiger partial charge in [0.25, 0.3) is 0 Å². The van der Waals surface area contributed by atoms with Crippen molar-refractivity contribution in [1.29, 1.82) is 0 Å². The highest BCUT2D eigenvalue weighted by molar-refractivity contribution is 7.99. The average molecular weight is 285 g/mol. The number of thioether (sulfide) groups is 1. The minimum absolute atomic E-state index is 0.181. The van der Waals surface area contributed by atoms with Crippen molar-refractivity contribution in [3.05, 3.63) is 11.9 Å². The Balaban J connectivity index is 2.60. The maximum absolute atomic E-state index is 11.6. The predicted octanol–water partition coefficient (Wildman–Crippen LogP) is 1.64. The maximum atomic E-state index is 11.6. The second kappa shape index (κ2) is 6.72. The zero-order valence-electron chi connectivity index (χ0n) is 11.6. The Bertz CT molecular complexity index is 446. The lowest BCUT2D eigenvalue weighted by atomic mass is 10.2. The van der Waals surface area contributed by atoms with Crippen molar-refractivity contribution in [2.24, 2.45) is 0 Å². The number of esters is 1. The lowest BCUT2D eigenvalue weighted by Gasteiger charge is -2.19. The summed E-state index contributed by atoms with van der Waals surface area (Å²) in [7, 11) is 1.56. The van der Waals surface area contributed by atoms with Crippen LogP contribution in [0.2, 0.25) is 0 Å². The number of nitrogens with two attached hydrogens (primary N) is 1. The number of methoxy groups -OCH3 is 1. The van der Waals surface area contributed by atoms with Crippen molar-refractivity contribution in [2.45, 2.75) is 38.0 Å². The average Bonchev–Trinajstić information content (AvgIpc) is 2.24. The normalized spacial score (nSPS) is 11.4. The molecule has 0 saturated carbocycles. The summed E-state index contributed by atoms with van der Waals surface area (Å²) in [6.45, 7) is 5.77. The summed E-state index contributed by atoms with van der Waals surface area (Å²) < 4.78 is 10.2. The van der Waals surface area contributed by atoms with Crippen molar-refractivity contribution in [3.63, 3.8) is 0 Å². The van der Waals surface area contributed by atoms with Gasteiger partial charge in [-0.25, -0.2) is 9.97 Å². The molecule has 0 amide bonds. The second-order valence-electron chi connectivity index (χ2n) is 4.86. The molecule has 0 unspecified atom stereocenters. The van der Waals surface area contributed by atoms with E-state index < -0.39 is 5.60 Å². The third-order valence-corrected chi connectivity index (χ3v) is 2.69. The molecule has 0 fully saturated rings. The molecule has 6 nitrogen and oxygen atoms in total. The molecule has 0 radical (unpaired) electrons. The van der Waals surface area contributed by atoms with Crippen LogP contribution in [0.3, 0.4) is 0 Å². The zero-order chi connectivity index (χ0) is 14.5. The number of rotatable bonds is 5. The Hall–Kier alpha value is -1.34. The Morgan fingerprint density at radius 1 is 1.42 bits per heavy atom. The topological polar surface area (TPSA) is 87.3 Å². The van der Waals surface area contributed by atoms with E-state index in [9.17, 15) is 4.79 Å². The molecule has 19 heavy (non-hydrogen) atoms. The Morgan fingerprint density at radius 3 is 2.68 bits per heavy atom. The number of hydrogen-bond acceptors (Lipinski definition) is 7. The molecule has 1 aromatic rings. The molecule has 0 spiro atoms. The number of ether oxygens (including phenoxy) is 2. The van der Waals surface area contributed by atoms with Gasteiger partial charge >= 0.3 is 5.97 Å². The molecule has 106 valence electrons. The van der Waals surface area contributed by atoms with Gasteiger partial charge in [-0.2, -0.15) is 0 Å². The van der Waals surface area contributed by atoms with Crippen LogP contribution in [-0.2, 0) is 20.9 Å². The van der Waals surface area contributed by atoms with Crippen LogP contribution in [0.15, 0.2) is 11.1 Å². The minimum atomic E-state index is -0.483. The van der Waals surface area contributed by atoms with Crippen molar-refractivity contribution in [1.82, 2.24) is 9.97 Å². The van der Waals surface area contributed by atoms with Gasteiger partial charge in [0.05, 0.1) is 5.75 Å². The molecule has 0 atom stereocenters. The first-order valence-corrected chi connectivity index (χ1v) is 6.76. The minimum Gasteiger partial charge on any atom is -0.459 e. The van der Waals surface area contributed by atoms with E-state index in [1.807, 2.05) is 20.8 Å². The van der Waals surface area contributed by atoms with E-state index in [4.69, 9.17) is 15.2 Å². The van der Waals surface area contributed by atoms with E-state index in [1.54, 1.807) is 13.2 Å². The lowest BCUT2D eigenvalue weighted by molar-refractivity contribution is -0.151. The summed E-state index contributed by atoms with van der Waals surface area (Å²) in [6.07, 6.45) is 0. The summed E-state index contributed by atoms with van der Waals surface area (Å²) >= 11 is 1.26. The van der Waals surface area contributed by atoms with Crippen molar-refractivity contribution in [2.75, 3.05) is 18.6 Å². The molecular weight excluding hydrogens is 266 g/mol. The van der Waals surface area contributed by atoms with Gasteiger partial charge in [0.1, 0.15) is 23.1 Å². The number of carbonyl (C=O) groups excluding carboxylic acids is 1. The number of aromatic nitrogens is 2. The number of nitrogen functional groups attached to an aromatic ring is 1. The Morgan fingerprint density at radius 2 is 2.11 bits per heavy atom. The molecule has 1 aromatic heterocycles. The van der Waals surface area contributed by atoms with Crippen molar-refractivity contribution in [3.8, 4) is 0 Å². The van der Waals surface area contributed by atoms with E-state index in [-0.39, 0.29) is 18.3 Å². The number of carbonyl (C=O) groups is 1. The summed E-state index contributed by atoms with van der Waals surface area (Å²) in [5, 5.41) is 0.630. The second-order valence-corrected chi connectivity index (χ2v) is 5.85. The molecule has 0 aliphatic rings. The van der Waals surface area contributed by atoms with Gasteiger partial charge in [0.15, 0.2) is 5.82 Å². The van der Waals surface area contributed by atoms with Gasteiger partial charge < -0.3 is 15.2 Å². The summed E-state index contributed by atoms with van der Waals surface area (Å²) in [5.41, 5.74) is 5.18. The van der Waals surface area contributed by atoms with E-state index >= 15 is 0 Å². The van der Waals surface area contributed by atoms with Gasteiger partial charge in [0.2, 0.25) is 0 Å². The standard InChI is InChI=1S/C12H19N3O3S/c1-12(2,3)18-11(16)7-19-10-5-8(13)14-9(15-10)6-17-4/h5H,6-7H2,1-4H3,(H2,13,14,15). The molecule has 2 N–H and O–H groups in total. The van der Waals surface area contributed by atoms with Gasteiger partial charge in [-0.1, -0.05) is 11.8 Å². The van der Waals surface area contributed by atoms with E-state index in [0.29, 0.717) is 16.7 Å². The van der Waals surface area contributed by atoms with Crippen LogP contribution in [0.1, 0.15) is 26.6 Å². The number of nitrogens with zero attached hydrogens (tertiary/aromatic N) is 2. The molecule has 1 heterocycles. The maximum Gasteiger partial charge on any atom is 0.316 e. The first kappa shape index (κ1) is 15.7. The monoisotopic (exact) mass is 285 g/mol. The number of hydrogen-bond donors (Lipinski definition) is 1. The highest BCUT2D eigenvalue weighted by Gasteiger charge is 2.16. The van der Waals surface area contributed by atoms with E-state index in [0.717, 1.165) is 0 Å². The third kappa shape index (κ3) is 6.40. The van der Waals surface area contributed by atoms with Crippen LogP contribution >= 0.6 is 11.8 Å². The molecule has 0 aliphatic carbocycles. The Labute approximate surface area is 117 Å². The lowest BCUT2D eigenvalue weighted by Crippen LogP contribution is -2.24. The zero-order valence-corrected chi connectivity index (χ0v) is 12.4. The molecule has 0 bridgehead atoms. The first-order chi connectivity index (χ1) is 8.80. The van der Waals surface area contributed by atoms with Crippen LogP contribution in [0.4, 0.5) is 5.82 Å². The van der Waals surface area contributed by atoms with Crippen molar-refractivity contribution >= 4 is 23.5 Å². The third-order valence-electron chi connectivity index (χ3n) is 1.80. The highest BCUT2D eigenvalue weighted by atomic mass is 32.2. The van der Waals surface area contributed by atoms with Crippen LogP contribution in [0.25, 0.3) is 0 Å². The fraction of sp³-hybridized carbons (Fsp3) is 0.583. The quantitative estimate of drug-likeness (QED) is 0.500. The predicted molar refractivity (Wildman–Crippen MR) is 73.7 cm³/mol. The van der Waals surface area contributed by atoms with Gasteiger partial charge in [0, 0.05) is 13.2 Å². The molecule has 0 aromatic carbocycles. The molecule has 7 heteroatoms. The molecule has 1 rings (SSSR count). The number of anilines is 1. The van der Waals surface area contributed by atoms with Gasteiger partial charge in [-0.05, 0) is 20.8 Å². The molecule has 0 aliphatic heterocycles. The van der Waals surface area contributed by atoms with Crippen LogP contribution in [0, 0.1) is 0 Å². The van der Waals surface area contributed by atoms with Crippen molar-refractivity contribution < 1.29 is 14.3 Å². The summed E-state index contributed by atoms with van der Waals surface area (Å²) in [5.74, 6) is 0.742. The highest BCUT2D eigenvalue weighted by Crippen LogP contribution is 2.19. The molecular formula is C12H19N3O3S. The van der Waals surface area contributed by atoms with E-state index in [2.05, 4.69) is 9.97 Å². The summed E-state index contributed by atoms with van der Waals surface area (Å²) in [6, 6.07) is 1.62. The first-order valence-electron chi connectivity index (χ1n) is 5.77. The van der Waals surface area contributed by atoms with Crippen LogP contribution < -0.4 is 5.73 Å². The largest absolute Gasteiger partial charge is 0.459 e. The Kier molecular flexibility index (Phi) is 5.56. The molecule has 0 saturated heterocycles.